The van der Waals surface area contributed by atoms with Gasteiger partial charge in [-0.15, -0.1) is 0 Å². The number of hydrogen-bond acceptors (Lipinski definition) is 2. The van der Waals surface area contributed by atoms with Crippen LogP contribution >= 0.6 is 0 Å². The van der Waals surface area contributed by atoms with Gasteiger partial charge >= 0.3 is 5.97 Å². The van der Waals surface area contributed by atoms with Crippen LogP contribution in [0.4, 0.5) is 4.39 Å². The minimum atomic E-state index is -0.965. The number of hydrogen-bond donors (Lipinski definition) is 0. The molecule has 0 aliphatic heterocycles. The largest absolute Gasteiger partial charge is 0.460 e. The summed E-state index contributed by atoms with van der Waals surface area (Å²) in [5, 5.41) is 0. The van der Waals surface area contributed by atoms with E-state index in [1.807, 2.05) is 36.4 Å². The number of allylic oxidation sites excluding steroid dienone is 2. The molecule has 0 heterocycles. The second kappa shape index (κ2) is 6.69. The summed E-state index contributed by atoms with van der Waals surface area (Å²) in [6.45, 7) is 1.65. The zero-order valence-corrected chi connectivity index (χ0v) is 11.9. The molecule has 1 aromatic rings. The van der Waals surface area contributed by atoms with Crippen LogP contribution in [0.25, 0.3) is 0 Å². The standard InChI is InChI=1S/C17H21FO2/c1-2-14-8-10-17(13-18,11-9-14)16(19)20-12-15-6-4-3-5-7-15/h3-8H,2,9-13H2,1H3/t17-/m0/s1. The monoisotopic (exact) mass is 276 g/mol. The molecule has 0 spiro atoms. The SMILES string of the molecule is CCC1=CC[C@](CF)(C(=O)OCc2ccccc2)CC1. The van der Waals surface area contributed by atoms with E-state index in [1.165, 1.54) is 5.57 Å². The van der Waals surface area contributed by atoms with Crippen LogP contribution in [0.2, 0.25) is 0 Å². The van der Waals surface area contributed by atoms with E-state index in [9.17, 15) is 9.18 Å². The molecule has 0 saturated heterocycles. The van der Waals surface area contributed by atoms with E-state index in [4.69, 9.17) is 4.74 Å². The van der Waals surface area contributed by atoms with E-state index < -0.39 is 18.1 Å². The van der Waals surface area contributed by atoms with Gasteiger partial charge in [0.05, 0.1) is 5.41 Å². The number of carbonyl (C=O) groups excluding carboxylic acids is 1. The van der Waals surface area contributed by atoms with Crippen LogP contribution in [0.15, 0.2) is 42.0 Å². The summed E-state index contributed by atoms with van der Waals surface area (Å²) in [5.41, 5.74) is 1.27. The van der Waals surface area contributed by atoms with Crippen molar-refractivity contribution in [2.24, 2.45) is 5.41 Å². The number of ether oxygens (including phenoxy) is 1. The molecular weight excluding hydrogens is 255 g/mol. The average molecular weight is 276 g/mol. The van der Waals surface area contributed by atoms with Crippen LogP contribution in [0, 0.1) is 5.41 Å². The second-order valence-corrected chi connectivity index (χ2v) is 5.40. The normalized spacial score (nSPS) is 22.2. The molecular formula is C17H21FO2. The summed E-state index contributed by atoms with van der Waals surface area (Å²) in [5.74, 6) is -0.407. The first-order valence-electron chi connectivity index (χ1n) is 7.15. The Bertz CT molecular complexity index is 481. The number of rotatable bonds is 5. The summed E-state index contributed by atoms with van der Waals surface area (Å²) in [6, 6.07) is 9.49. The Labute approximate surface area is 119 Å². The summed E-state index contributed by atoms with van der Waals surface area (Å²) in [4.78, 5) is 12.2. The third-order valence-corrected chi connectivity index (χ3v) is 4.06. The van der Waals surface area contributed by atoms with Crippen molar-refractivity contribution < 1.29 is 13.9 Å². The first-order valence-corrected chi connectivity index (χ1v) is 7.15. The Hall–Kier alpha value is -1.64. The van der Waals surface area contributed by atoms with Gasteiger partial charge < -0.3 is 4.74 Å². The van der Waals surface area contributed by atoms with Gasteiger partial charge in [-0.25, -0.2) is 4.39 Å². The van der Waals surface area contributed by atoms with E-state index in [2.05, 4.69) is 6.92 Å². The van der Waals surface area contributed by atoms with Gasteiger partial charge in [0, 0.05) is 0 Å². The molecule has 0 unspecified atom stereocenters. The number of carbonyl (C=O) groups is 1. The maximum Gasteiger partial charge on any atom is 0.315 e. The molecule has 0 saturated carbocycles. The summed E-state index contributed by atoms with van der Waals surface area (Å²) in [7, 11) is 0. The van der Waals surface area contributed by atoms with Crippen molar-refractivity contribution in [3.05, 3.63) is 47.5 Å². The number of esters is 1. The van der Waals surface area contributed by atoms with Crippen molar-refractivity contribution in [2.45, 2.75) is 39.2 Å². The summed E-state index contributed by atoms with van der Waals surface area (Å²) >= 11 is 0. The Morgan fingerprint density at radius 1 is 1.35 bits per heavy atom. The van der Waals surface area contributed by atoms with Crippen molar-refractivity contribution in [3.63, 3.8) is 0 Å². The van der Waals surface area contributed by atoms with E-state index in [1.54, 1.807) is 0 Å². The molecule has 1 aromatic carbocycles. The highest BCUT2D eigenvalue weighted by Gasteiger charge is 2.41. The predicted octanol–water partition coefficient (Wildman–Crippen LogP) is 4.21. The molecule has 0 radical (unpaired) electrons. The highest BCUT2D eigenvalue weighted by molar-refractivity contribution is 5.77. The van der Waals surface area contributed by atoms with Crippen molar-refractivity contribution in [1.82, 2.24) is 0 Å². The lowest BCUT2D eigenvalue weighted by atomic mass is 9.75. The predicted molar refractivity (Wildman–Crippen MR) is 76.9 cm³/mol. The average Bonchev–Trinajstić information content (AvgIpc) is 2.53. The molecule has 0 N–H and O–H groups in total. The lowest BCUT2D eigenvalue weighted by Gasteiger charge is -2.31. The number of benzene rings is 1. The van der Waals surface area contributed by atoms with Crippen molar-refractivity contribution in [1.29, 1.82) is 0 Å². The first-order chi connectivity index (χ1) is 9.70. The minimum absolute atomic E-state index is 0.214. The zero-order chi connectivity index (χ0) is 14.4. The zero-order valence-electron chi connectivity index (χ0n) is 11.9. The second-order valence-electron chi connectivity index (χ2n) is 5.40. The van der Waals surface area contributed by atoms with Crippen molar-refractivity contribution in [2.75, 3.05) is 6.67 Å². The fourth-order valence-corrected chi connectivity index (χ4v) is 2.50. The highest BCUT2D eigenvalue weighted by Crippen LogP contribution is 2.38. The molecule has 1 aliphatic rings. The summed E-state index contributed by atoms with van der Waals surface area (Å²) < 4.78 is 18.7. The van der Waals surface area contributed by atoms with Gasteiger partial charge in [0.25, 0.3) is 0 Å². The van der Waals surface area contributed by atoms with Crippen LogP contribution < -0.4 is 0 Å². The molecule has 0 aromatic heterocycles. The topological polar surface area (TPSA) is 26.3 Å². The van der Waals surface area contributed by atoms with Crippen molar-refractivity contribution in [3.8, 4) is 0 Å². The molecule has 0 fully saturated rings. The van der Waals surface area contributed by atoms with Crippen LogP contribution in [-0.2, 0) is 16.1 Å². The number of halogens is 1. The molecule has 3 heteroatoms. The smallest absolute Gasteiger partial charge is 0.315 e. The maximum absolute atomic E-state index is 13.4. The lowest BCUT2D eigenvalue weighted by molar-refractivity contribution is -0.159. The minimum Gasteiger partial charge on any atom is -0.460 e. The molecule has 20 heavy (non-hydrogen) atoms. The molecule has 1 atom stereocenters. The van der Waals surface area contributed by atoms with Crippen LogP contribution in [0.5, 0.6) is 0 Å². The van der Waals surface area contributed by atoms with Crippen LogP contribution in [0.1, 0.15) is 38.2 Å². The van der Waals surface area contributed by atoms with Crippen LogP contribution in [-0.4, -0.2) is 12.6 Å². The Balaban J connectivity index is 1.98. The van der Waals surface area contributed by atoms with Gasteiger partial charge in [-0.05, 0) is 31.2 Å². The lowest BCUT2D eigenvalue weighted by Crippen LogP contribution is -2.36. The van der Waals surface area contributed by atoms with Gasteiger partial charge in [0.1, 0.15) is 13.3 Å². The molecule has 108 valence electrons. The van der Waals surface area contributed by atoms with Gasteiger partial charge in [0.2, 0.25) is 0 Å². The van der Waals surface area contributed by atoms with Gasteiger partial charge in [-0.1, -0.05) is 48.9 Å². The first kappa shape index (κ1) is 14.8. The highest BCUT2D eigenvalue weighted by atomic mass is 19.1. The molecule has 0 bridgehead atoms. The van der Waals surface area contributed by atoms with Crippen molar-refractivity contribution >= 4 is 5.97 Å². The van der Waals surface area contributed by atoms with E-state index in [0.29, 0.717) is 12.8 Å². The third-order valence-electron chi connectivity index (χ3n) is 4.06. The molecule has 2 rings (SSSR count). The molecule has 1 aliphatic carbocycles. The molecule has 0 amide bonds. The van der Waals surface area contributed by atoms with Gasteiger partial charge in [-0.2, -0.15) is 0 Å². The summed E-state index contributed by atoms with van der Waals surface area (Å²) in [6.07, 6.45) is 4.78. The van der Waals surface area contributed by atoms with E-state index >= 15 is 0 Å². The van der Waals surface area contributed by atoms with Crippen LogP contribution in [0.3, 0.4) is 0 Å². The Kier molecular flexibility index (Phi) is 4.94. The Morgan fingerprint density at radius 3 is 2.65 bits per heavy atom. The quantitative estimate of drug-likeness (QED) is 0.595. The van der Waals surface area contributed by atoms with E-state index in [-0.39, 0.29) is 6.61 Å². The Morgan fingerprint density at radius 2 is 2.10 bits per heavy atom. The van der Waals surface area contributed by atoms with Gasteiger partial charge in [-0.3, -0.25) is 4.79 Å². The maximum atomic E-state index is 13.4. The van der Waals surface area contributed by atoms with E-state index in [0.717, 1.165) is 18.4 Å². The molecule has 2 nitrogen and oxygen atoms in total. The third kappa shape index (κ3) is 3.27. The number of alkyl halides is 1. The fourth-order valence-electron chi connectivity index (χ4n) is 2.50. The van der Waals surface area contributed by atoms with Gasteiger partial charge in [0.15, 0.2) is 0 Å². The fraction of sp³-hybridized carbons (Fsp3) is 0.471.